The first-order valence-electron chi connectivity index (χ1n) is 10.1. The van der Waals surface area contributed by atoms with Crippen molar-refractivity contribution < 1.29 is 24.2 Å². The van der Waals surface area contributed by atoms with Gasteiger partial charge < -0.3 is 20.1 Å². The fraction of sp³-hybridized carbons (Fsp3) is 0.762. The Balaban J connectivity index is 2.95. The van der Waals surface area contributed by atoms with Gasteiger partial charge in [-0.2, -0.15) is 0 Å². The van der Waals surface area contributed by atoms with Gasteiger partial charge in [0.15, 0.2) is 0 Å². The number of allylic oxidation sites excluding steroid dienone is 1. The van der Waals surface area contributed by atoms with E-state index in [4.69, 9.17) is 4.74 Å². The number of hydrogen-bond acceptors (Lipinski definition) is 4. The molecule has 1 aliphatic rings. The molecule has 1 fully saturated rings. The van der Waals surface area contributed by atoms with Crippen molar-refractivity contribution in [3.63, 3.8) is 0 Å². The van der Waals surface area contributed by atoms with Gasteiger partial charge in [0.05, 0.1) is 0 Å². The molecule has 0 aromatic carbocycles. The molecule has 7 heteroatoms. The highest BCUT2D eigenvalue weighted by atomic mass is 16.6. The van der Waals surface area contributed by atoms with Crippen LogP contribution in [0.15, 0.2) is 12.7 Å². The van der Waals surface area contributed by atoms with Gasteiger partial charge in [-0.1, -0.05) is 19.9 Å². The molecule has 28 heavy (non-hydrogen) atoms. The largest absolute Gasteiger partial charge is 0.480 e. The Kier molecular flexibility index (Phi) is 8.98. The Morgan fingerprint density at radius 2 is 1.96 bits per heavy atom. The van der Waals surface area contributed by atoms with Crippen molar-refractivity contribution in [3.05, 3.63) is 12.7 Å². The summed E-state index contributed by atoms with van der Waals surface area (Å²) in [5, 5.41) is 12.1. The zero-order valence-electron chi connectivity index (χ0n) is 17.9. The summed E-state index contributed by atoms with van der Waals surface area (Å²) in [5.74, 6) is -1.17. The molecule has 0 spiro atoms. The molecule has 1 saturated heterocycles. The lowest BCUT2D eigenvalue weighted by Crippen LogP contribution is -2.55. The summed E-state index contributed by atoms with van der Waals surface area (Å²) in [4.78, 5) is 38.4. The standard InChI is InChI=1S/C21H36N2O5/c1-7-8-10-14(2)13-15(3)17(22-20(27)28-21(4,5)6)18(24)23-12-9-11-16(23)19(25)26/h7,14-17H,1,8-13H2,2-6H3,(H,22,27)(H,25,26)/t14?,15?,16?,17-/m0/s1. The van der Waals surface area contributed by atoms with E-state index in [1.165, 1.54) is 4.90 Å². The molecule has 7 nitrogen and oxygen atoms in total. The van der Waals surface area contributed by atoms with Crippen LogP contribution in [0.25, 0.3) is 0 Å². The van der Waals surface area contributed by atoms with Gasteiger partial charge in [0.1, 0.15) is 17.7 Å². The van der Waals surface area contributed by atoms with Crippen LogP contribution in [0.4, 0.5) is 4.79 Å². The summed E-state index contributed by atoms with van der Waals surface area (Å²) in [7, 11) is 0. The molecule has 2 N–H and O–H groups in total. The smallest absolute Gasteiger partial charge is 0.408 e. The minimum Gasteiger partial charge on any atom is -0.480 e. The summed E-state index contributed by atoms with van der Waals surface area (Å²) in [6.07, 6.45) is 4.84. The van der Waals surface area contributed by atoms with E-state index >= 15 is 0 Å². The summed E-state index contributed by atoms with van der Waals surface area (Å²) >= 11 is 0. The van der Waals surface area contributed by atoms with Gasteiger partial charge in [-0.05, 0) is 64.7 Å². The summed E-state index contributed by atoms with van der Waals surface area (Å²) in [5.41, 5.74) is -0.685. The highest BCUT2D eigenvalue weighted by Gasteiger charge is 2.40. The van der Waals surface area contributed by atoms with Crippen LogP contribution in [0.2, 0.25) is 0 Å². The van der Waals surface area contributed by atoms with E-state index in [1.807, 2.05) is 13.0 Å². The predicted octanol–water partition coefficient (Wildman–Crippen LogP) is 3.58. The number of rotatable bonds is 9. The molecule has 1 aliphatic heterocycles. The Labute approximate surface area is 168 Å². The van der Waals surface area contributed by atoms with E-state index in [1.54, 1.807) is 20.8 Å². The van der Waals surface area contributed by atoms with Crippen LogP contribution >= 0.6 is 0 Å². The van der Waals surface area contributed by atoms with Crippen LogP contribution in [0.1, 0.15) is 66.7 Å². The van der Waals surface area contributed by atoms with Crippen LogP contribution in [0.5, 0.6) is 0 Å². The van der Waals surface area contributed by atoms with E-state index in [0.717, 1.165) is 19.3 Å². The maximum atomic E-state index is 13.2. The lowest BCUT2D eigenvalue weighted by molar-refractivity contribution is -0.149. The van der Waals surface area contributed by atoms with Gasteiger partial charge in [0.2, 0.25) is 5.91 Å². The number of nitrogens with one attached hydrogen (secondary N) is 1. The summed E-state index contributed by atoms with van der Waals surface area (Å²) in [6, 6.07) is -1.65. The van der Waals surface area contributed by atoms with Gasteiger partial charge in [-0.3, -0.25) is 4.79 Å². The van der Waals surface area contributed by atoms with Gasteiger partial charge >= 0.3 is 12.1 Å². The van der Waals surface area contributed by atoms with E-state index in [0.29, 0.717) is 25.3 Å². The molecule has 1 rings (SSSR count). The Hall–Kier alpha value is -2.05. The maximum absolute atomic E-state index is 13.2. The Morgan fingerprint density at radius 3 is 2.50 bits per heavy atom. The first-order chi connectivity index (χ1) is 13.0. The SMILES string of the molecule is C=CCCC(C)CC(C)[C@H](NC(=O)OC(C)(C)C)C(=O)N1CCCC1C(=O)O. The average molecular weight is 397 g/mol. The molecule has 2 amide bonds. The molecule has 0 bridgehead atoms. The number of nitrogens with zero attached hydrogens (tertiary/aromatic N) is 1. The molecule has 4 atom stereocenters. The second kappa shape index (κ2) is 10.5. The topological polar surface area (TPSA) is 95.9 Å². The molecule has 1 heterocycles. The van der Waals surface area contributed by atoms with Crippen molar-refractivity contribution >= 4 is 18.0 Å². The molecule has 0 aromatic heterocycles. The molecular weight excluding hydrogens is 360 g/mol. The van der Waals surface area contributed by atoms with Crippen LogP contribution < -0.4 is 5.32 Å². The summed E-state index contributed by atoms with van der Waals surface area (Å²) in [6.45, 7) is 13.4. The minimum atomic E-state index is -1.01. The van der Waals surface area contributed by atoms with Gasteiger partial charge in [0.25, 0.3) is 0 Å². The highest BCUT2D eigenvalue weighted by Crippen LogP contribution is 2.25. The lowest BCUT2D eigenvalue weighted by Gasteiger charge is -2.32. The van der Waals surface area contributed by atoms with Crippen molar-refractivity contribution in [1.82, 2.24) is 10.2 Å². The number of ether oxygens (including phenoxy) is 1. The minimum absolute atomic E-state index is 0.158. The van der Waals surface area contributed by atoms with Crippen molar-refractivity contribution in [2.45, 2.75) is 84.4 Å². The van der Waals surface area contributed by atoms with Crippen molar-refractivity contribution in [2.24, 2.45) is 11.8 Å². The first kappa shape index (κ1) is 24.0. The number of carboxylic acids is 1. The number of carboxylic acid groups (broad SMARTS) is 1. The fourth-order valence-corrected chi connectivity index (χ4v) is 3.64. The monoisotopic (exact) mass is 396 g/mol. The molecule has 0 aliphatic carbocycles. The third-order valence-corrected chi connectivity index (χ3v) is 4.97. The average Bonchev–Trinajstić information content (AvgIpc) is 3.05. The quantitative estimate of drug-likeness (QED) is 0.581. The zero-order valence-corrected chi connectivity index (χ0v) is 17.9. The number of likely N-dealkylation sites (tertiary alicyclic amines) is 1. The third kappa shape index (κ3) is 7.52. The van der Waals surface area contributed by atoms with Crippen LogP contribution in [-0.4, -0.2) is 52.2 Å². The number of alkyl carbamates (subject to hydrolysis) is 1. The Bertz CT molecular complexity index is 570. The maximum Gasteiger partial charge on any atom is 0.408 e. The number of aliphatic carboxylic acids is 1. The molecule has 0 aromatic rings. The number of carbonyl (C=O) groups is 3. The highest BCUT2D eigenvalue weighted by molar-refractivity contribution is 5.90. The second-order valence-electron chi connectivity index (χ2n) is 8.84. The van der Waals surface area contributed by atoms with Crippen molar-refractivity contribution in [2.75, 3.05) is 6.54 Å². The number of amides is 2. The molecule has 160 valence electrons. The van der Waals surface area contributed by atoms with Crippen molar-refractivity contribution in [3.8, 4) is 0 Å². The predicted molar refractivity (Wildman–Crippen MR) is 108 cm³/mol. The fourth-order valence-electron chi connectivity index (χ4n) is 3.64. The number of hydrogen-bond donors (Lipinski definition) is 2. The molecule has 3 unspecified atom stereocenters. The van der Waals surface area contributed by atoms with Crippen LogP contribution in [0, 0.1) is 11.8 Å². The van der Waals surface area contributed by atoms with E-state index in [-0.39, 0.29) is 11.8 Å². The van der Waals surface area contributed by atoms with Gasteiger partial charge in [-0.25, -0.2) is 9.59 Å². The van der Waals surface area contributed by atoms with Gasteiger partial charge in [0, 0.05) is 6.54 Å². The molecule has 0 saturated carbocycles. The van der Waals surface area contributed by atoms with Gasteiger partial charge in [-0.15, -0.1) is 6.58 Å². The van der Waals surface area contributed by atoms with Crippen LogP contribution in [0.3, 0.4) is 0 Å². The van der Waals surface area contributed by atoms with Crippen LogP contribution in [-0.2, 0) is 14.3 Å². The normalized spacial score (nSPS) is 20.2. The lowest BCUT2D eigenvalue weighted by atomic mass is 9.88. The Morgan fingerprint density at radius 1 is 1.32 bits per heavy atom. The van der Waals surface area contributed by atoms with Crippen molar-refractivity contribution in [1.29, 1.82) is 0 Å². The molecular formula is C21H36N2O5. The van der Waals surface area contributed by atoms with E-state index in [2.05, 4.69) is 18.8 Å². The second-order valence-corrected chi connectivity index (χ2v) is 8.84. The zero-order chi connectivity index (χ0) is 21.5. The third-order valence-electron chi connectivity index (χ3n) is 4.97. The summed E-state index contributed by atoms with van der Waals surface area (Å²) < 4.78 is 5.32. The number of carbonyl (C=O) groups excluding carboxylic acids is 2. The van der Waals surface area contributed by atoms with E-state index < -0.39 is 29.7 Å². The first-order valence-corrected chi connectivity index (χ1v) is 10.1. The van der Waals surface area contributed by atoms with E-state index in [9.17, 15) is 19.5 Å². The molecule has 0 radical (unpaired) electrons.